The number of fused-ring (bicyclic) bond motifs is 1. The van der Waals surface area contributed by atoms with Crippen LogP contribution >= 0.6 is 0 Å². The average Bonchev–Trinajstić information content (AvgIpc) is 2.85. The molecule has 2 N–H and O–H groups in total. The lowest BCUT2D eigenvalue weighted by Crippen LogP contribution is -2.33. The van der Waals surface area contributed by atoms with E-state index in [4.69, 9.17) is 0 Å². The van der Waals surface area contributed by atoms with Gasteiger partial charge in [0.2, 0.25) is 0 Å². The molecule has 0 aromatic carbocycles. The monoisotopic (exact) mass is 233 g/mol. The maximum Gasteiger partial charge on any atom is 0.200 e. The topological polar surface area (TPSA) is 80.0 Å². The molecule has 1 saturated heterocycles. The van der Waals surface area contributed by atoms with Crippen LogP contribution in [0.15, 0.2) is 12.1 Å². The molecule has 1 aliphatic heterocycles. The van der Waals surface area contributed by atoms with Gasteiger partial charge in [0.05, 0.1) is 0 Å². The summed E-state index contributed by atoms with van der Waals surface area (Å²) in [6.45, 7) is 3.17. The molecule has 90 valence electrons. The van der Waals surface area contributed by atoms with Crippen LogP contribution < -0.4 is 10.6 Å². The number of nitrogens with zero attached hydrogens (tertiary/aromatic N) is 5. The van der Waals surface area contributed by atoms with Crippen LogP contribution in [0, 0.1) is 5.92 Å². The van der Waals surface area contributed by atoms with Gasteiger partial charge in [-0.25, -0.2) is 0 Å². The summed E-state index contributed by atoms with van der Waals surface area (Å²) in [4.78, 5) is 0. The van der Waals surface area contributed by atoms with Crippen LogP contribution in [0.4, 0.5) is 5.82 Å². The summed E-state index contributed by atoms with van der Waals surface area (Å²) in [5, 5.41) is 22.1. The van der Waals surface area contributed by atoms with Gasteiger partial charge in [-0.2, -0.15) is 0 Å². The fourth-order valence-corrected chi connectivity index (χ4v) is 2.09. The van der Waals surface area contributed by atoms with Crippen molar-refractivity contribution in [1.29, 1.82) is 0 Å². The molecule has 0 bridgehead atoms. The Bertz CT molecular complexity index is 488. The molecule has 7 heteroatoms. The van der Waals surface area contributed by atoms with Crippen molar-refractivity contribution in [3.05, 3.63) is 12.1 Å². The Morgan fingerprint density at radius 2 is 2.47 bits per heavy atom. The fourth-order valence-electron chi connectivity index (χ4n) is 2.09. The summed E-state index contributed by atoms with van der Waals surface area (Å²) in [5.41, 5.74) is 0.662. The van der Waals surface area contributed by atoms with Crippen molar-refractivity contribution < 1.29 is 0 Å². The van der Waals surface area contributed by atoms with Gasteiger partial charge in [-0.15, -0.1) is 14.8 Å². The van der Waals surface area contributed by atoms with Crippen molar-refractivity contribution in [3.63, 3.8) is 0 Å². The first-order chi connectivity index (χ1) is 8.42. The van der Waals surface area contributed by atoms with Crippen LogP contribution in [0.5, 0.6) is 0 Å². The third-order valence-corrected chi connectivity index (χ3v) is 3.04. The van der Waals surface area contributed by atoms with Crippen molar-refractivity contribution >= 4 is 11.5 Å². The lowest BCUT2D eigenvalue weighted by Gasteiger charge is -2.22. The van der Waals surface area contributed by atoms with E-state index in [1.807, 2.05) is 12.1 Å². The number of hydrogen-bond donors (Lipinski definition) is 2. The summed E-state index contributed by atoms with van der Waals surface area (Å²) < 4.78 is 1.43. The first-order valence-electron chi connectivity index (χ1n) is 5.92. The van der Waals surface area contributed by atoms with Crippen LogP contribution in [0.3, 0.4) is 0 Å². The molecule has 7 nitrogen and oxygen atoms in total. The van der Waals surface area contributed by atoms with Crippen molar-refractivity contribution in [2.24, 2.45) is 5.92 Å². The molecule has 0 spiro atoms. The summed E-state index contributed by atoms with van der Waals surface area (Å²) in [6, 6.07) is 3.76. The predicted molar refractivity (Wildman–Crippen MR) is 62.7 cm³/mol. The van der Waals surface area contributed by atoms with E-state index in [1.165, 1.54) is 17.5 Å². The van der Waals surface area contributed by atoms with Gasteiger partial charge in [0.1, 0.15) is 5.82 Å². The lowest BCUT2D eigenvalue weighted by atomic mass is 10.00. The molecule has 3 rings (SSSR count). The van der Waals surface area contributed by atoms with Gasteiger partial charge in [-0.1, -0.05) is 0 Å². The van der Waals surface area contributed by atoms with Crippen molar-refractivity contribution in [3.8, 4) is 0 Å². The second kappa shape index (κ2) is 4.62. The zero-order valence-corrected chi connectivity index (χ0v) is 9.50. The van der Waals surface area contributed by atoms with Crippen molar-refractivity contribution in [2.45, 2.75) is 12.8 Å². The highest BCUT2D eigenvalue weighted by Gasteiger charge is 2.12. The fraction of sp³-hybridized carbons (Fsp3) is 0.600. The molecule has 3 heterocycles. The van der Waals surface area contributed by atoms with Crippen LogP contribution in [0.1, 0.15) is 12.8 Å². The molecular formula is C10H15N7. The number of nitrogens with one attached hydrogen (secondary N) is 2. The number of hydrogen-bond acceptors (Lipinski definition) is 6. The van der Waals surface area contributed by atoms with Gasteiger partial charge in [0.15, 0.2) is 5.65 Å². The standard InChI is InChI=1S/C10H15N7/c1-2-8(6-11-5-1)7-12-9-3-4-10-13-15-16-17(10)14-9/h3-4,8,11H,1-2,5-7H2,(H,12,14). The molecule has 17 heavy (non-hydrogen) atoms. The largest absolute Gasteiger partial charge is 0.368 e. The van der Waals surface area contributed by atoms with Gasteiger partial charge in [0.25, 0.3) is 0 Å². The quantitative estimate of drug-likeness (QED) is 0.772. The van der Waals surface area contributed by atoms with Gasteiger partial charge < -0.3 is 10.6 Å². The van der Waals surface area contributed by atoms with E-state index >= 15 is 0 Å². The molecule has 2 aromatic rings. The predicted octanol–water partition coefficient (Wildman–Crippen LogP) is -0.0692. The summed E-state index contributed by atoms with van der Waals surface area (Å²) in [6.07, 6.45) is 2.53. The van der Waals surface area contributed by atoms with Gasteiger partial charge in [-0.3, -0.25) is 0 Å². The van der Waals surface area contributed by atoms with Crippen molar-refractivity contribution in [1.82, 2.24) is 30.6 Å². The zero-order chi connectivity index (χ0) is 11.5. The summed E-state index contributed by atoms with van der Waals surface area (Å²) in [7, 11) is 0. The second-order valence-corrected chi connectivity index (χ2v) is 4.34. The molecule has 1 aliphatic rings. The van der Waals surface area contributed by atoms with Crippen LogP contribution in [0.25, 0.3) is 5.65 Å². The number of piperidine rings is 1. The molecule has 2 aromatic heterocycles. The van der Waals surface area contributed by atoms with Gasteiger partial charge >= 0.3 is 0 Å². The van der Waals surface area contributed by atoms with Crippen molar-refractivity contribution in [2.75, 3.05) is 25.0 Å². The number of tetrazole rings is 1. The first kappa shape index (κ1) is 10.4. The van der Waals surface area contributed by atoms with E-state index < -0.39 is 0 Å². The zero-order valence-electron chi connectivity index (χ0n) is 9.50. The minimum Gasteiger partial charge on any atom is -0.368 e. The first-order valence-corrected chi connectivity index (χ1v) is 5.92. The minimum absolute atomic E-state index is 0.662. The molecule has 1 atom stereocenters. The molecule has 1 unspecified atom stereocenters. The lowest BCUT2D eigenvalue weighted by molar-refractivity contribution is 0.392. The van der Waals surface area contributed by atoms with E-state index in [1.54, 1.807) is 0 Å². The van der Waals surface area contributed by atoms with Crippen LogP contribution in [-0.2, 0) is 0 Å². The maximum absolute atomic E-state index is 4.27. The number of aromatic nitrogens is 5. The normalized spacial score (nSPS) is 20.6. The third-order valence-electron chi connectivity index (χ3n) is 3.04. The van der Waals surface area contributed by atoms with Crippen LogP contribution in [0.2, 0.25) is 0 Å². The van der Waals surface area contributed by atoms with Crippen LogP contribution in [-0.4, -0.2) is 44.9 Å². The molecule has 0 amide bonds. The molecule has 0 saturated carbocycles. The molecule has 0 radical (unpaired) electrons. The average molecular weight is 233 g/mol. The molecule has 1 fully saturated rings. The molecule has 0 aliphatic carbocycles. The van der Waals surface area contributed by atoms with E-state index in [0.29, 0.717) is 11.6 Å². The smallest absolute Gasteiger partial charge is 0.200 e. The summed E-state index contributed by atoms with van der Waals surface area (Å²) >= 11 is 0. The highest BCUT2D eigenvalue weighted by molar-refractivity contribution is 5.42. The highest BCUT2D eigenvalue weighted by atomic mass is 15.6. The Hall–Kier alpha value is -1.76. The second-order valence-electron chi connectivity index (χ2n) is 4.34. The Balaban J connectivity index is 1.63. The number of anilines is 1. The number of rotatable bonds is 3. The van der Waals surface area contributed by atoms with E-state index in [0.717, 1.165) is 25.5 Å². The molecular weight excluding hydrogens is 218 g/mol. The van der Waals surface area contributed by atoms with E-state index in [9.17, 15) is 0 Å². The Morgan fingerprint density at radius 3 is 3.35 bits per heavy atom. The Labute approximate surface area is 98.6 Å². The Morgan fingerprint density at radius 1 is 1.47 bits per heavy atom. The summed E-state index contributed by atoms with van der Waals surface area (Å²) in [5.74, 6) is 1.49. The maximum atomic E-state index is 4.27. The van der Waals surface area contributed by atoms with Gasteiger partial charge in [0, 0.05) is 6.54 Å². The highest BCUT2D eigenvalue weighted by Crippen LogP contribution is 2.11. The van der Waals surface area contributed by atoms with Gasteiger partial charge in [-0.05, 0) is 54.4 Å². The minimum atomic E-state index is 0.662. The Kier molecular flexibility index (Phi) is 2.83. The van der Waals surface area contributed by atoms with E-state index in [2.05, 4.69) is 31.3 Å². The third kappa shape index (κ3) is 2.33. The van der Waals surface area contributed by atoms with E-state index in [-0.39, 0.29) is 0 Å². The SMILES string of the molecule is c1cc2nnnn2nc1NCC1CCCNC1.